The molecule has 3 heterocycles. The Bertz CT molecular complexity index is 741. The quantitative estimate of drug-likeness (QED) is 0.352. The van der Waals surface area contributed by atoms with Crippen LogP contribution in [0.5, 0.6) is 0 Å². The number of rotatable bonds is 2. The van der Waals surface area contributed by atoms with E-state index in [1.54, 1.807) is 0 Å². The van der Waals surface area contributed by atoms with Crippen LogP contribution in [-0.2, 0) is 4.74 Å². The van der Waals surface area contributed by atoms with Crippen LogP contribution in [0.2, 0.25) is 0 Å². The predicted molar refractivity (Wildman–Crippen MR) is 69.4 cm³/mol. The number of anilines is 1. The molecule has 0 spiro atoms. The summed E-state index contributed by atoms with van der Waals surface area (Å²) in [5, 5.41) is 28.9. The maximum atomic E-state index is 11.7. The standard InChI is InChI=1S/C10H14N6O5/c11-10-14-7(20)4-8(16(10)12)15(2-13-4)9-6(19)5(18)3(1-17)21-9/h2-3,5-6,9,17-19H,1,12H2,(H2,11,14,20). The van der Waals surface area contributed by atoms with Crippen LogP contribution in [-0.4, -0.2) is 59.4 Å². The lowest BCUT2D eigenvalue weighted by Gasteiger charge is -2.18. The fraction of sp³-hybridized carbons (Fsp3) is 0.500. The molecule has 1 fully saturated rings. The summed E-state index contributed by atoms with van der Waals surface area (Å²) in [7, 11) is 0. The van der Waals surface area contributed by atoms with Gasteiger partial charge in [0.15, 0.2) is 17.4 Å². The molecule has 2 aromatic heterocycles. The normalized spacial score (nSPS) is 29.3. The number of hydrogen-bond donors (Lipinski definition) is 5. The average molecular weight is 298 g/mol. The summed E-state index contributed by atoms with van der Waals surface area (Å²) >= 11 is 0. The first-order chi connectivity index (χ1) is 9.95. The third kappa shape index (κ3) is 1.86. The number of aliphatic hydroxyl groups is 3. The molecule has 0 aliphatic carbocycles. The first-order valence-electron chi connectivity index (χ1n) is 6.08. The number of nitrogens with zero attached hydrogens (tertiary/aromatic N) is 4. The second-order valence-corrected chi connectivity index (χ2v) is 4.70. The molecule has 21 heavy (non-hydrogen) atoms. The lowest BCUT2D eigenvalue weighted by Crippen LogP contribution is -2.33. The van der Waals surface area contributed by atoms with Gasteiger partial charge in [0.25, 0.3) is 0 Å². The van der Waals surface area contributed by atoms with E-state index in [0.717, 1.165) is 4.68 Å². The Morgan fingerprint density at radius 1 is 1.38 bits per heavy atom. The Morgan fingerprint density at radius 2 is 2.10 bits per heavy atom. The van der Waals surface area contributed by atoms with Crippen LogP contribution >= 0.6 is 0 Å². The van der Waals surface area contributed by atoms with Gasteiger partial charge in [-0.3, -0.25) is 9.36 Å². The van der Waals surface area contributed by atoms with Gasteiger partial charge < -0.3 is 31.6 Å². The number of ether oxygens (including phenoxy) is 1. The highest BCUT2D eigenvalue weighted by Crippen LogP contribution is 2.31. The Labute approximate surface area is 117 Å². The van der Waals surface area contributed by atoms with Crippen LogP contribution in [0.3, 0.4) is 0 Å². The summed E-state index contributed by atoms with van der Waals surface area (Å²) < 4.78 is 7.55. The van der Waals surface area contributed by atoms with E-state index in [4.69, 9.17) is 21.4 Å². The van der Waals surface area contributed by atoms with E-state index in [2.05, 4.69) is 9.97 Å². The van der Waals surface area contributed by atoms with Crippen molar-refractivity contribution < 1.29 is 20.1 Å². The molecule has 1 aliphatic rings. The van der Waals surface area contributed by atoms with Gasteiger partial charge in [0, 0.05) is 0 Å². The van der Waals surface area contributed by atoms with E-state index >= 15 is 0 Å². The Morgan fingerprint density at radius 3 is 2.71 bits per heavy atom. The Hall–Kier alpha value is -2.21. The van der Waals surface area contributed by atoms with Crippen molar-refractivity contribution in [3.8, 4) is 0 Å². The summed E-state index contributed by atoms with van der Waals surface area (Å²) in [6.07, 6.45) is -3.42. The molecule has 1 aliphatic heterocycles. The number of aliphatic hydroxyl groups excluding tert-OH is 3. The van der Waals surface area contributed by atoms with Crippen molar-refractivity contribution >= 4 is 17.1 Å². The molecule has 11 nitrogen and oxygen atoms in total. The molecule has 3 rings (SSSR count). The van der Waals surface area contributed by atoms with Crippen molar-refractivity contribution in [2.45, 2.75) is 24.5 Å². The Kier molecular flexibility index (Phi) is 3.06. The monoisotopic (exact) mass is 298 g/mol. The van der Waals surface area contributed by atoms with E-state index < -0.39 is 36.7 Å². The molecule has 0 aromatic carbocycles. The first kappa shape index (κ1) is 13.8. The Balaban J connectivity index is 2.16. The highest BCUT2D eigenvalue weighted by Gasteiger charge is 2.44. The summed E-state index contributed by atoms with van der Waals surface area (Å²) in [5.74, 6) is 5.49. The molecule has 1 saturated heterocycles. The molecule has 4 unspecified atom stereocenters. The molecule has 7 N–H and O–H groups in total. The van der Waals surface area contributed by atoms with Gasteiger partial charge >= 0.3 is 5.56 Å². The van der Waals surface area contributed by atoms with E-state index in [0.29, 0.717) is 0 Å². The topological polar surface area (TPSA) is 175 Å². The second kappa shape index (κ2) is 4.66. The van der Waals surface area contributed by atoms with Gasteiger partial charge in [-0.1, -0.05) is 0 Å². The minimum atomic E-state index is -1.33. The molecule has 0 bridgehead atoms. The molecule has 0 radical (unpaired) electrons. The summed E-state index contributed by atoms with van der Waals surface area (Å²) in [6.45, 7) is -0.472. The second-order valence-electron chi connectivity index (χ2n) is 4.70. The van der Waals surface area contributed by atoms with Crippen LogP contribution in [0, 0.1) is 0 Å². The third-order valence-corrected chi connectivity index (χ3v) is 3.45. The van der Waals surface area contributed by atoms with Crippen LogP contribution < -0.4 is 17.1 Å². The number of fused-ring (bicyclic) bond motifs is 1. The van der Waals surface area contributed by atoms with Gasteiger partial charge in [-0.05, 0) is 0 Å². The van der Waals surface area contributed by atoms with Crippen molar-refractivity contribution in [2.24, 2.45) is 0 Å². The molecule has 4 atom stereocenters. The molecule has 2 aromatic rings. The average Bonchev–Trinajstić information content (AvgIpc) is 3.00. The van der Waals surface area contributed by atoms with Gasteiger partial charge in [-0.15, -0.1) is 0 Å². The van der Waals surface area contributed by atoms with Gasteiger partial charge in [0.1, 0.15) is 18.3 Å². The molecule has 0 saturated carbocycles. The summed E-state index contributed by atoms with van der Waals surface area (Å²) in [5.41, 5.74) is 4.88. The smallest absolute Gasteiger partial charge is 0.302 e. The van der Waals surface area contributed by atoms with Crippen LogP contribution in [0.15, 0.2) is 11.1 Å². The van der Waals surface area contributed by atoms with E-state index in [-0.39, 0.29) is 17.1 Å². The van der Waals surface area contributed by atoms with E-state index in [1.807, 2.05) is 0 Å². The number of hydrogen-bond acceptors (Lipinski definition) is 9. The van der Waals surface area contributed by atoms with Crippen LogP contribution in [0.4, 0.5) is 5.95 Å². The van der Waals surface area contributed by atoms with Gasteiger partial charge in [-0.25, -0.2) is 9.66 Å². The lowest BCUT2D eigenvalue weighted by atomic mass is 10.1. The zero-order valence-corrected chi connectivity index (χ0v) is 10.7. The highest BCUT2D eigenvalue weighted by atomic mass is 16.6. The predicted octanol–water partition coefficient (Wildman–Crippen LogP) is -3.50. The lowest BCUT2D eigenvalue weighted by molar-refractivity contribution is -0.0512. The highest BCUT2D eigenvalue weighted by molar-refractivity contribution is 5.72. The first-order valence-corrected chi connectivity index (χ1v) is 6.08. The summed E-state index contributed by atoms with van der Waals surface area (Å²) in [4.78, 5) is 19.1. The third-order valence-electron chi connectivity index (χ3n) is 3.45. The van der Waals surface area contributed by atoms with Crippen LogP contribution in [0.1, 0.15) is 6.23 Å². The zero-order valence-electron chi connectivity index (χ0n) is 10.7. The number of nitrogens with two attached hydrogens (primary N) is 2. The van der Waals surface area contributed by atoms with Crippen molar-refractivity contribution in [3.05, 3.63) is 16.7 Å². The molecular formula is C10H14N6O5. The van der Waals surface area contributed by atoms with Crippen molar-refractivity contribution in [1.82, 2.24) is 19.2 Å². The molecule has 114 valence electrons. The number of imidazole rings is 1. The van der Waals surface area contributed by atoms with Gasteiger partial charge in [-0.2, -0.15) is 4.98 Å². The molecular weight excluding hydrogens is 284 g/mol. The van der Waals surface area contributed by atoms with Crippen molar-refractivity contribution in [3.63, 3.8) is 0 Å². The van der Waals surface area contributed by atoms with Crippen molar-refractivity contribution in [1.29, 1.82) is 0 Å². The van der Waals surface area contributed by atoms with Crippen molar-refractivity contribution in [2.75, 3.05) is 18.2 Å². The molecule has 0 amide bonds. The largest absolute Gasteiger partial charge is 0.394 e. The van der Waals surface area contributed by atoms with Gasteiger partial charge in [0.05, 0.1) is 12.9 Å². The minimum Gasteiger partial charge on any atom is -0.394 e. The van der Waals surface area contributed by atoms with Crippen LogP contribution in [0.25, 0.3) is 11.2 Å². The number of nitrogen functional groups attached to an aromatic ring is 2. The maximum absolute atomic E-state index is 11.7. The fourth-order valence-electron chi connectivity index (χ4n) is 2.36. The van der Waals surface area contributed by atoms with E-state index in [1.165, 1.54) is 10.9 Å². The van der Waals surface area contributed by atoms with Gasteiger partial charge in [0.2, 0.25) is 5.95 Å². The van der Waals surface area contributed by atoms with E-state index in [9.17, 15) is 15.0 Å². The summed E-state index contributed by atoms with van der Waals surface area (Å²) in [6, 6.07) is 0. The number of aromatic nitrogens is 4. The maximum Gasteiger partial charge on any atom is 0.302 e. The minimum absolute atomic E-state index is 0.0514. The SMILES string of the molecule is Nc1nc(=O)c2ncn(C3OC(CO)C(O)C3O)c2n1N. The fourth-order valence-corrected chi connectivity index (χ4v) is 2.36. The molecule has 11 heteroatoms. The zero-order chi connectivity index (χ0) is 15.3.